The van der Waals surface area contributed by atoms with Gasteiger partial charge in [-0.1, -0.05) is 0 Å². The topological polar surface area (TPSA) is 50.2 Å². The van der Waals surface area contributed by atoms with E-state index in [4.69, 9.17) is 0 Å². The Morgan fingerprint density at radius 2 is 1.71 bits per heavy atom. The lowest BCUT2D eigenvalue weighted by molar-refractivity contribution is 0.0747. The molecule has 0 aliphatic heterocycles. The molecule has 1 N–H and O–H groups in total. The molecule has 1 aromatic heterocycles. The summed E-state index contributed by atoms with van der Waals surface area (Å²) in [4.78, 5) is 15.7. The lowest BCUT2D eigenvalue weighted by atomic mass is 10.0. The van der Waals surface area contributed by atoms with Crippen molar-refractivity contribution >= 4 is 5.78 Å². The Balaban J connectivity index is 2.23. The van der Waals surface area contributed by atoms with Crippen LogP contribution in [0.2, 0.25) is 0 Å². The number of aliphatic hydroxyl groups excluding tert-OH is 1. The van der Waals surface area contributed by atoms with Crippen LogP contribution in [0.4, 0.5) is 4.39 Å². The van der Waals surface area contributed by atoms with Crippen molar-refractivity contribution in [3.8, 4) is 0 Å². The van der Waals surface area contributed by atoms with E-state index in [9.17, 15) is 14.3 Å². The fourth-order valence-corrected chi connectivity index (χ4v) is 1.47. The van der Waals surface area contributed by atoms with Crippen LogP contribution >= 0.6 is 0 Å². The quantitative estimate of drug-likeness (QED) is 0.823. The maximum atomic E-state index is 12.7. The van der Waals surface area contributed by atoms with E-state index >= 15 is 0 Å². The first-order chi connectivity index (χ1) is 8.18. The molecule has 0 unspecified atom stereocenters. The Kier molecular flexibility index (Phi) is 3.25. The number of pyridine rings is 1. The number of benzene rings is 1. The summed E-state index contributed by atoms with van der Waals surface area (Å²) in [5, 5.41) is 9.84. The molecular weight excluding hydrogens is 221 g/mol. The molecule has 0 saturated heterocycles. The van der Waals surface area contributed by atoms with Crippen molar-refractivity contribution in [3.05, 3.63) is 65.7 Å². The van der Waals surface area contributed by atoms with E-state index < -0.39 is 17.7 Å². The minimum Gasteiger partial charge on any atom is -0.380 e. The van der Waals surface area contributed by atoms with Crippen LogP contribution in [0.5, 0.6) is 0 Å². The third-order valence-electron chi connectivity index (χ3n) is 2.40. The molecule has 4 heteroatoms. The molecule has 0 spiro atoms. The van der Waals surface area contributed by atoms with Crippen LogP contribution in [-0.4, -0.2) is 15.9 Å². The molecule has 1 aromatic carbocycles. The summed E-state index contributed by atoms with van der Waals surface area (Å²) >= 11 is 0. The minimum atomic E-state index is -1.25. The van der Waals surface area contributed by atoms with Gasteiger partial charge >= 0.3 is 0 Å². The Morgan fingerprint density at radius 3 is 2.29 bits per heavy atom. The molecule has 0 aliphatic carbocycles. The minimum absolute atomic E-state index is 0.274. The van der Waals surface area contributed by atoms with E-state index in [1.54, 1.807) is 12.1 Å². The molecule has 0 bridgehead atoms. The van der Waals surface area contributed by atoms with Crippen LogP contribution in [0.1, 0.15) is 22.0 Å². The largest absolute Gasteiger partial charge is 0.380 e. The number of nitrogens with zero attached hydrogens (tertiary/aromatic N) is 1. The zero-order valence-corrected chi connectivity index (χ0v) is 8.88. The standard InChI is InChI=1S/C13H10FNO2/c14-11-3-1-9(2-4-11)12(16)13(17)10-5-7-15-8-6-10/h1-8,13,17H/t13-/m1/s1. The van der Waals surface area contributed by atoms with Crippen LogP contribution in [0.15, 0.2) is 48.8 Å². The molecule has 3 nitrogen and oxygen atoms in total. The number of hydrogen-bond acceptors (Lipinski definition) is 3. The smallest absolute Gasteiger partial charge is 0.195 e. The van der Waals surface area contributed by atoms with Crippen molar-refractivity contribution < 1.29 is 14.3 Å². The van der Waals surface area contributed by atoms with Gasteiger partial charge in [0.1, 0.15) is 11.9 Å². The molecule has 0 amide bonds. The van der Waals surface area contributed by atoms with Gasteiger partial charge in [0.15, 0.2) is 5.78 Å². The second-order valence-electron chi connectivity index (χ2n) is 3.55. The number of aromatic nitrogens is 1. The van der Waals surface area contributed by atoms with Crippen molar-refractivity contribution in [1.29, 1.82) is 0 Å². The summed E-state index contributed by atoms with van der Waals surface area (Å²) in [7, 11) is 0. The van der Waals surface area contributed by atoms with E-state index in [-0.39, 0.29) is 5.56 Å². The first-order valence-corrected chi connectivity index (χ1v) is 5.06. The van der Waals surface area contributed by atoms with Gasteiger partial charge in [0.2, 0.25) is 0 Å². The fraction of sp³-hybridized carbons (Fsp3) is 0.0769. The molecular formula is C13H10FNO2. The maximum absolute atomic E-state index is 12.7. The summed E-state index contributed by atoms with van der Waals surface area (Å²) in [5.74, 6) is -0.879. The summed E-state index contributed by atoms with van der Waals surface area (Å²) < 4.78 is 12.7. The monoisotopic (exact) mass is 231 g/mol. The summed E-state index contributed by atoms with van der Waals surface area (Å²) in [5.41, 5.74) is 0.741. The molecule has 86 valence electrons. The highest BCUT2D eigenvalue weighted by atomic mass is 19.1. The lowest BCUT2D eigenvalue weighted by Crippen LogP contribution is -2.12. The molecule has 0 fully saturated rings. The van der Waals surface area contributed by atoms with Gasteiger partial charge in [-0.05, 0) is 42.0 Å². The summed E-state index contributed by atoms with van der Waals surface area (Å²) in [6, 6.07) is 8.20. The number of carbonyl (C=O) groups is 1. The number of hydrogen-bond donors (Lipinski definition) is 1. The van der Waals surface area contributed by atoms with Gasteiger partial charge in [-0.2, -0.15) is 0 Å². The van der Waals surface area contributed by atoms with E-state index in [1.165, 1.54) is 36.7 Å². The van der Waals surface area contributed by atoms with E-state index in [0.29, 0.717) is 5.56 Å². The predicted octanol–water partition coefficient (Wildman–Crippen LogP) is 2.14. The van der Waals surface area contributed by atoms with Crippen LogP contribution < -0.4 is 0 Å². The van der Waals surface area contributed by atoms with Gasteiger partial charge in [-0.25, -0.2) is 4.39 Å². The average molecular weight is 231 g/mol. The average Bonchev–Trinajstić information content (AvgIpc) is 2.39. The van der Waals surface area contributed by atoms with Crippen molar-refractivity contribution in [2.45, 2.75) is 6.10 Å². The predicted molar refractivity (Wildman–Crippen MR) is 59.9 cm³/mol. The van der Waals surface area contributed by atoms with Crippen molar-refractivity contribution in [3.63, 3.8) is 0 Å². The summed E-state index contributed by atoms with van der Waals surface area (Å²) in [6.45, 7) is 0. The first-order valence-electron chi connectivity index (χ1n) is 5.06. The number of halogens is 1. The number of rotatable bonds is 3. The van der Waals surface area contributed by atoms with Crippen LogP contribution in [0, 0.1) is 5.82 Å². The van der Waals surface area contributed by atoms with Gasteiger partial charge in [0.25, 0.3) is 0 Å². The third kappa shape index (κ3) is 2.54. The van der Waals surface area contributed by atoms with Gasteiger partial charge in [0, 0.05) is 18.0 Å². The zero-order chi connectivity index (χ0) is 12.3. The Bertz CT molecular complexity index is 511. The Morgan fingerprint density at radius 1 is 1.12 bits per heavy atom. The van der Waals surface area contributed by atoms with Gasteiger partial charge in [0.05, 0.1) is 0 Å². The van der Waals surface area contributed by atoms with Crippen molar-refractivity contribution in [2.24, 2.45) is 0 Å². The van der Waals surface area contributed by atoms with Gasteiger partial charge < -0.3 is 5.11 Å². The number of Topliss-reactive ketones (excluding diaryl/α,β-unsaturated/α-hetero) is 1. The van der Waals surface area contributed by atoms with Crippen molar-refractivity contribution in [1.82, 2.24) is 4.98 Å². The van der Waals surface area contributed by atoms with Crippen molar-refractivity contribution in [2.75, 3.05) is 0 Å². The molecule has 2 rings (SSSR count). The number of carbonyl (C=O) groups excluding carboxylic acids is 1. The number of aliphatic hydroxyl groups is 1. The molecule has 17 heavy (non-hydrogen) atoms. The van der Waals surface area contributed by atoms with E-state index in [2.05, 4.69) is 4.98 Å². The van der Waals surface area contributed by atoms with Crippen LogP contribution in [0.25, 0.3) is 0 Å². The highest BCUT2D eigenvalue weighted by molar-refractivity contribution is 5.99. The maximum Gasteiger partial charge on any atom is 0.195 e. The normalized spacial score (nSPS) is 12.1. The van der Waals surface area contributed by atoms with Gasteiger partial charge in [-0.15, -0.1) is 0 Å². The number of ketones is 1. The van der Waals surface area contributed by atoms with Crippen LogP contribution in [0.3, 0.4) is 0 Å². The SMILES string of the molecule is O=C(c1ccc(F)cc1)[C@H](O)c1ccncc1. The highest BCUT2D eigenvalue weighted by Gasteiger charge is 2.18. The fourth-order valence-electron chi connectivity index (χ4n) is 1.47. The molecule has 0 saturated carbocycles. The van der Waals surface area contributed by atoms with Gasteiger partial charge in [-0.3, -0.25) is 9.78 Å². The second kappa shape index (κ2) is 4.84. The highest BCUT2D eigenvalue weighted by Crippen LogP contribution is 2.17. The first kappa shape index (κ1) is 11.4. The second-order valence-corrected chi connectivity index (χ2v) is 3.55. The molecule has 1 atom stereocenters. The summed E-state index contributed by atoms with van der Waals surface area (Å²) in [6.07, 6.45) is 1.75. The third-order valence-corrected chi connectivity index (χ3v) is 2.40. The Hall–Kier alpha value is -2.07. The van der Waals surface area contributed by atoms with E-state index in [1.807, 2.05) is 0 Å². The molecule has 0 aliphatic rings. The van der Waals surface area contributed by atoms with E-state index in [0.717, 1.165) is 0 Å². The molecule has 0 radical (unpaired) electrons. The lowest BCUT2D eigenvalue weighted by Gasteiger charge is -2.09. The van der Waals surface area contributed by atoms with Crippen LogP contribution in [-0.2, 0) is 0 Å². The Labute approximate surface area is 97.6 Å². The molecule has 2 aromatic rings. The zero-order valence-electron chi connectivity index (χ0n) is 8.88. The molecule has 1 heterocycles.